The van der Waals surface area contributed by atoms with Gasteiger partial charge in [0.05, 0.1) is 31.6 Å². The number of hydrogen-bond donors (Lipinski definition) is 2. The van der Waals surface area contributed by atoms with E-state index in [1.165, 1.54) is 0 Å². The first-order valence-corrected chi connectivity index (χ1v) is 9.48. The summed E-state index contributed by atoms with van der Waals surface area (Å²) in [5.74, 6) is 2.31. The molecule has 4 aromatic rings. The Bertz CT molecular complexity index is 1210. The molecular formula is C22H23N5O3. The van der Waals surface area contributed by atoms with Crippen LogP contribution in [-0.4, -0.2) is 49.4 Å². The predicted octanol–water partition coefficient (Wildman–Crippen LogP) is 3.04. The molecule has 8 heteroatoms. The van der Waals surface area contributed by atoms with E-state index in [2.05, 4.69) is 20.3 Å². The van der Waals surface area contributed by atoms with Gasteiger partial charge in [0.1, 0.15) is 18.2 Å². The number of benzene rings is 1. The van der Waals surface area contributed by atoms with Gasteiger partial charge >= 0.3 is 0 Å². The number of rotatable bonds is 7. The number of methoxy groups -OCH3 is 2. The van der Waals surface area contributed by atoms with Crippen molar-refractivity contribution in [1.29, 1.82) is 0 Å². The average molecular weight is 405 g/mol. The molecule has 1 aromatic carbocycles. The van der Waals surface area contributed by atoms with Gasteiger partial charge < -0.3 is 25.3 Å². The van der Waals surface area contributed by atoms with Gasteiger partial charge in [0.2, 0.25) is 0 Å². The molecule has 0 aliphatic carbocycles. The van der Waals surface area contributed by atoms with Crippen LogP contribution in [0.4, 0.5) is 5.82 Å². The second-order valence-corrected chi connectivity index (χ2v) is 6.70. The first-order chi connectivity index (χ1) is 14.6. The van der Waals surface area contributed by atoms with Gasteiger partial charge in [-0.1, -0.05) is 0 Å². The van der Waals surface area contributed by atoms with Crippen LogP contribution in [0.2, 0.25) is 0 Å². The maximum absolute atomic E-state index is 6.28. The zero-order valence-electron chi connectivity index (χ0n) is 17.1. The third-order valence-electron chi connectivity index (χ3n) is 4.84. The van der Waals surface area contributed by atoms with E-state index in [1.807, 2.05) is 31.3 Å². The minimum absolute atomic E-state index is 0.396. The third-order valence-corrected chi connectivity index (χ3v) is 4.84. The number of pyridine rings is 3. The van der Waals surface area contributed by atoms with Crippen LogP contribution in [0.15, 0.2) is 42.9 Å². The molecule has 8 nitrogen and oxygen atoms in total. The largest absolute Gasteiger partial charge is 0.493 e. The van der Waals surface area contributed by atoms with E-state index in [4.69, 9.17) is 19.9 Å². The summed E-state index contributed by atoms with van der Waals surface area (Å²) in [6.45, 7) is 1.29. The highest BCUT2D eigenvalue weighted by molar-refractivity contribution is 6.10. The average Bonchev–Trinajstić information content (AvgIpc) is 2.78. The molecule has 0 atom stereocenters. The molecule has 0 aliphatic rings. The molecule has 0 bridgehead atoms. The normalized spacial score (nSPS) is 11.0. The van der Waals surface area contributed by atoms with Crippen LogP contribution in [-0.2, 0) is 0 Å². The summed E-state index contributed by atoms with van der Waals surface area (Å²) in [5, 5.41) is 5.64. The highest BCUT2D eigenvalue weighted by Crippen LogP contribution is 2.37. The van der Waals surface area contributed by atoms with Crippen LogP contribution in [0.1, 0.15) is 0 Å². The molecule has 30 heavy (non-hydrogen) atoms. The van der Waals surface area contributed by atoms with Gasteiger partial charge in [-0.05, 0) is 30.6 Å². The van der Waals surface area contributed by atoms with Crippen molar-refractivity contribution in [2.24, 2.45) is 0 Å². The number of hydrogen-bond acceptors (Lipinski definition) is 8. The lowest BCUT2D eigenvalue weighted by Gasteiger charge is -2.12. The summed E-state index contributed by atoms with van der Waals surface area (Å²) >= 11 is 0. The van der Waals surface area contributed by atoms with E-state index in [-0.39, 0.29) is 0 Å². The van der Waals surface area contributed by atoms with E-state index >= 15 is 0 Å². The Labute approximate surface area is 174 Å². The Morgan fingerprint density at radius 3 is 2.50 bits per heavy atom. The fourth-order valence-corrected chi connectivity index (χ4v) is 3.31. The van der Waals surface area contributed by atoms with Crippen molar-refractivity contribution >= 4 is 27.5 Å². The molecule has 4 rings (SSSR count). The van der Waals surface area contributed by atoms with E-state index in [0.717, 1.165) is 33.8 Å². The lowest BCUT2D eigenvalue weighted by molar-refractivity contribution is 0.317. The monoisotopic (exact) mass is 405 g/mol. The Morgan fingerprint density at radius 2 is 1.73 bits per heavy atom. The summed E-state index contributed by atoms with van der Waals surface area (Å²) in [5.41, 5.74) is 8.58. The van der Waals surface area contributed by atoms with Crippen molar-refractivity contribution < 1.29 is 14.2 Å². The van der Waals surface area contributed by atoms with Crippen molar-refractivity contribution in [3.05, 3.63) is 42.9 Å². The van der Waals surface area contributed by atoms with Gasteiger partial charge in [0.25, 0.3) is 0 Å². The van der Waals surface area contributed by atoms with E-state index in [0.29, 0.717) is 35.4 Å². The number of aromatic nitrogens is 3. The van der Waals surface area contributed by atoms with Crippen LogP contribution in [0.5, 0.6) is 17.2 Å². The van der Waals surface area contributed by atoms with Crippen molar-refractivity contribution in [1.82, 2.24) is 20.3 Å². The molecule has 0 fully saturated rings. The van der Waals surface area contributed by atoms with Gasteiger partial charge in [0.15, 0.2) is 11.5 Å². The molecule has 0 aliphatic heterocycles. The molecule has 0 radical (unpaired) electrons. The number of likely N-dealkylation sites (N-methyl/N-ethyl adjacent to an activating group) is 1. The number of fused-ring (bicyclic) bond motifs is 3. The fraction of sp³-hybridized carbons (Fsp3) is 0.227. The Balaban J connectivity index is 1.86. The maximum atomic E-state index is 6.28. The standard InChI is InChI=1S/C22H23N5O3/c1-24-4-5-30-14-6-13(10-25-11-14)18-7-15-16-8-20(28-2)21(29-3)9-19(16)26-12-17(15)22(23)27-18/h6-12,24H,4-5H2,1-3H3,(H2,23,27). The first-order valence-electron chi connectivity index (χ1n) is 9.48. The number of anilines is 1. The molecule has 0 saturated heterocycles. The number of nitrogens with one attached hydrogen (secondary N) is 1. The van der Waals surface area contributed by atoms with Crippen molar-refractivity contribution in [3.8, 4) is 28.5 Å². The van der Waals surface area contributed by atoms with Crippen LogP contribution >= 0.6 is 0 Å². The second kappa shape index (κ2) is 8.38. The van der Waals surface area contributed by atoms with Crippen LogP contribution in [0, 0.1) is 0 Å². The van der Waals surface area contributed by atoms with Crippen molar-refractivity contribution in [3.63, 3.8) is 0 Å². The molecule has 0 saturated carbocycles. The van der Waals surface area contributed by atoms with Gasteiger partial charge in [-0.25, -0.2) is 4.98 Å². The molecule has 0 unspecified atom stereocenters. The van der Waals surface area contributed by atoms with E-state index in [9.17, 15) is 0 Å². The van der Waals surface area contributed by atoms with Crippen LogP contribution in [0.3, 0.4) is 0 Å². The lowest BCUT2D eigenvalue weighted by Crippen LogP contribution is -2.15. The summed E-state index contributed by atoms with van der Waals surface area (Å²) in [4.78, 5) is 13.4. The second-order valence-electron chi connectivity index (χ2n) is 6.70. The summed E-state index contributed by atoms with van der Waals surface area (Å²) < 4.78 is 16.6. The topological polar surface area (TPSA) is 104 Å². The van der Waals surface area contributed by atoms with Gasteiger partial charge in [-0.15, -0.1) is 0 Å². The highest BCUT2D eigenvalue weighted by atomic mass is 16.5. The van der Waals surface area contributed by atoms with Crippen molar-refractivity contribution in [2.75, 3.05) is 40.2 Å². The van der Waals surface area contributed by atoms with Gasteiger partial charge in [0, 0.05) is 41.3 Å². The van der Waals surface area contributed by atoms with Gasteiger partial charge in [-0.2, -0.15) is 0 Å². The fourth-order valence-electron chi connectivity index (χ4n) is 3.31. The first kappa shape index (κ1) is 19.7. The molecular weight excluding hydrogens is 382 g/mol. The highest BCUT2D eigenvalue weighted by Gasteiger charge is 2.14. The SMILES string of the molecule is CNCCOc1cncc(-c2cc3c(cnc4cc(OC)c(OC)cc43)c(N)n2)c1. The van der Waals surface area contributed by atoms with E-state index in [1.54, 1.807) is 32.8 Å². The number of nitrogens with zero attached hydrogens (tertiary/aromatic N) is 3. The Hall–Kier alpha value is -3.65. The van der Waals surface area contributed by atoms with E-state index < -0.39 is 0 Å². The number of nitrogen functional groups attached to an aromatic ring is 1. The van der Waals surface area contributed by atoms with Crippen LogP contribution in [0.25, 0.3) is 32.9 Å². The zero-order chi connectivity index (χ0) is 21.1. The smallest absolute Gasteiger partial charge is 0.162 e. The summed E-state index contributed by atoms with van der Waals surface area (Å²) in [6, 6.07) is 7.64. The molecule has 0 amide bonds. The third kappa shape index (κ3) is 3.65. The van der Waals surface area contributed by atoms with Crippen molar-refractivity contribution in [2.45, 2.75) is 0 Å². The molecule has 154 valence electrons. The Morgan fingerprint density at radius 1 is 0.933 bits per heavy atom. The summed E-state index contributed by atoms with van der Waals surface area (Å²) in [6.07, 6.45) is 5.15. The zero-order valence-corrected chi connectivity index (χ0v) is 17.1. The quantitative estimate of drug-likeness (QED) is 0.357. The summed E-state index contributed by atoms with van der Waals surface area (Å²) in [7, 11) is 5.09. The maximum Gasteiger partial charge on any atom is 0.162 e. The molecule has 0 spiro atoms. The molecule has 3 heterocycles. The Kier molecular flexibility index (Phi) is 5.49. The minimum Gasteiger partial charge on any atom is -0.493 e. The minimum atomic E-state index is 0.396. The number of ether oxygens (including phenoxy) is 3. The van der Waals surface area contributed by atoms with Gasteiger partial charge in [-0.3, -0.25) is 9.97 Å². The predicted molar refractivity (Wildman–Crippen MR) is 117 cm³/mol. The lowest BCUT2D eigenvalue weighted by atomic mass is 10.0. The van der Waals surface area contributed by atoms with Crippen LogP contribution < -0.4 is 25.3 Å². The number of nitrogens with two attached hydrogens (primary N) is 1. The molecule has 3 aromatic heterocycles. The molecule has 3 N–H and O–H groups in total.